The smallest absolute Gasteiger partial charge is 0.0624 e. The molecule has 3 heteroatoms. The zero-order valence-corrected chi connectivity index (χ0v) is 11.7. The molecule has 1 aromatic heterocycles. The molecule has 3 N–H and O–H groups in total. The average molecular weight is 260 g/mol. The van der Waals surface area contributed by atoms with Crippen LogP contribution in [0.15, 0.2) is 41.8 Å². The highest BCUT2D eigenvalue weighted by Gasteiger charge is 2.24. The molecule has 0 spiro atoms. The minimum Gasteiger partial charge on any atom is -0.271 e. The van der Waals surface area contributed by atoms with Gasteiger partial charge in [-0.25, -0.2) is 0 Å². The Labute approximate surface area is 113 Å². The Balaban J connectivity index is 2.34. The standard InChI is InChI=1S/C15H20N2S/c1-3-13(12-7-5-4-6-8-12)14(17-16)15-11(2)9-10-18-15/h4-10,13-14,17H,3,16H2,1-2H3. The molecule has 0 radical (unpaired) electrons. The van der Waals surface area contributed by atoms with E-state index in [0.717, 1.165) is 6.42 Å². The van der Waals surface area contributed by atoms with E-state index in [2.05, 4.69) is 61.1 Å². The molecule has 0 fully saturated rings. The van der Waals surface area contributed by atoms with Crippen LogP contribution in [-0.4, -0.2) is 0 Å². The lowest BCUT2D eigenvalue weighted by Gasteiger charge is -2.26. The Kier molecular flexibility index (Phi) is 4.53. The highest BCUT2D eigenvalue weighted by atomic mass is 32.1. The van der Waals surface area contributed by atoms with Crippen LogP contribution in [0.3, 0.4) is 0 Å². The molecule has 2 atom stereocenters. The lowest BCUT2D eigenvalue weighted by Crippen LogP contribution is -2.32. The molecule has 0 aliphatic carbocycles. The van der Waals surface area contributed by atoms with Crippen LogP contribution in [0.4, 0.5) is 0 Å². The van der Waals surface area contributed by atoms with Crippen molar-refractivity contribution in [2.45, 2.75) is 32.2 Å². The molecule has 0 amide bonds. The molecule has 0 aliphatic heterocycles. The number of hydrogen-bond acceptors (Lipinski definition) is 3. The van der Waals surface area contributed by atoms with Gasteiger partial charge in [-0.1, -0.05) is 37.3 Å². The fourth-order valence-electron chi connectivity index (χ4n) is 2.44. The maximum Gasteiger partial charge on any atom is 0.0624 e. The molecule has 0 bridgehead atoms. The third kappa shape index (κ3) is 2.64. The lowest BCUT2D eigenvalue weighted by molar-refractivity contribution is 0.450. The number of rotatable bonds is 5. The van der Waals surface area contributed by atoms with Crippen LogP contribution in [0.2, 0.25) is 0 Å². The SMILES string of the molecule is CCC(c1ccccc1)C(NN)c1sccc1C. The Morgan fingerprint density at radius 3 is 2.44 bits per heavy atom. The summed E-state index contributed by atoms with van der Waals surface area (Å²) in [4.78, 5) is 1.34. The van der Waals surface area contributed by atoms with E-state index < -0.39 is 0 Å². The van der Waals surface area contributed by atoms with Crippen molar-refractivity contribution in [3.63, 3.8) is 0 Å². The first-order valence-corrected chi connectivity index (χ1v) is 7.21. The molecule has 2 nitrogen and oxygen atoms in total. The Bertz CT molecular complexity index is 478. The summed E-state index contributed by atoms with van der Waals surface area (Å²) in [6.07, 6.45) is 1.07. The van der Waals surface area contributed by atoms with E-state index in [4.69, 9.17) is 5.84 Å². The van der Waals surface area contributed by atoms with Gasteiger partial charge < -0.3 is 0 Å². The predicted octanol–water partition coefficient (Wildman–Crippen LogP) is 3.75. The molecule has 0 aliphatic rings. The van der Waals surface area contributed by atoms with Crippen molar-refractivity contribution in [2.24, 2.45) is 5.84 Å². The predicted molar refractivity (Wildman–Crippen MR) is 78.6 cm³/mol. The van der Waals surface area contributed by atoms with Gasteiger partial charge in [-0.2, -0.15) is 0 Å². The minimum absolute atomic E-state index is 0.192. The van der Waals surface area contributed by atoms with Crippen molar-refractivity contribution in [2.75, 3.05) is 0 Å². The van der Waals surface area contributed by atoms with Gasteiger partial charge in [0, 0.05) is 10.8 Å². The van der Waals surface area contributed by atoms with E-state index in [9.17, 15) is 0 Å². The second kappa shape index (κ2) is 6.14. The monoisotopic (exact) mass is 260 g/mol. The third-order valence-corrected chi connectivity index (χ3v) is 4.54. The minimum atomic E-state index is 0.192. The quantitative estimate of drug-likeness (QED) is 0.634. The van der Waals surface area contributed by atoms with Crippen molar-refractivity contribution in [1.29, 1.82) is 0 Å². The van der Waals surface area contributed by atoms with Gasteiger partial charge in [-0.3, -0.25) is 11.3 Å². The van der Waals surface area contributed by atoms with Gasteiger partial charge in [-0.15, -0.1) is 11.3 Å². The van der Waals surface area contributed by atoms with Crippen LogP contribution >= 0.6 is 11.3 Å². The van der Waals surface area contributed by atoms with Gasteiger partial charge in [0.2, 0.25) is 0 Å². The first-order valence-electron chi connectivity index (χ1n) is 6.33. The fourth-order valence-corrected chi connectivity index (χ4v) is 3.49. The zero-order chi connectivity index (χ0) is 13.0. The molecular formula is C15H20N2S. The van der Waals surface area contributed by atoms with E-state index in [1.165, 1.54) is 16.0 Å². The number of thiophene rings is 1. The van der Waals surface area contributed by atoms with Crippen molar-refractivity contribution in [1.82, 2.24) is 5.43 Å². The first kappa shape index (κ1) is 13.3. The molecular weight excluding hydrogens is 240 g/mol. The maximum absolute atomic E-state index is 5.80. The number of nitrogens with one attached hydrogen (secondary N) is 1. The Morgan fingerprint density at radius 2 is 1.94 bits per heavy atom. The van der Waals surface area contributed by atoms with Crippen LogP contribution in [0, 0.1) is 6.92 Å². The van der Waals surface area contributed by atoms with Crippen molar-refractivity contribution in [3.05, 3.63) is 57.8 Å². The number of aryl methyl sites for hydroxylation is 1. The molecule has 0 saturated carbocycles. The number of nitrogens with two attached hydrogens (primary N) is 1. The van der Waals surface area contributed by atoms with Crippen LogP contribution in [0.1, 0.15) is 41.3 Å². The molecule has 96 valence electrons. The molecule has 1 heterocycles. The number of benzene rings is 1. The molecule has 18 heavy (non-hydrogen) atoms. The van der Waals surface area contributed by atoms with Crippen LogP contribution < -0.4 is 11.3 Å². The summed E-state index contributed by atoms with van der Waals surface area (Å²) < 4.78 is 0. The molecule has 0 saturated heterocycles. The lowest BCUT2D eigenvalue weighted by atomic mass is 9.88. The van der Waals surface area contributed by atoms with Gasteiger partial charge in [-0.05, 0) is 35.9 Å². The molecule has 2 unspecified atom stereocenters. The summed E-state index contributed by atoms with van der Waals surface area (Å²) >= 11 is 1.78. The Morgan fingerprint density at radius 1 is 1.22 bits per heavy atom. The van der Waals surface area contributed by atoms with Gasteiger partial charge >= 0.3 is 0 Å². The van der Waals surface area contributed by atoms with Crippen molar-refractivity contribution in [3.8, 4) is 0 Å². The summed E-state index contributed by atoms with van der Waals surface area (Å²) in [7, 11) is 0. The van der Waals surface area contributed by atoms with Crippen LogP contribution in [0.25, 0.3) is 0 Å². The zero-order valence-electron chi connectivity index (χ0n) is 10.9. The summed E-state index contributed by atoms with van der Waals surface area (Å²) in [5.74, 6) is 6.21. The second-order valence-corrected chi connectivity index (χ2v) is 5.49. The van der Waals surface area contributed by atoms with E-state index in [0.29, 0.717) is 5.92 Å². The van der Waals surface area contributed by atoms with Crippen LogP contribution in [-0.2, 0) is 0 Å². The topological polar surface area (TPSA) is 38.0 Å². The Hall–Kier alpha value is -1.16. The number of hydrazine groups is 1. The number of hydrogen-bond donors (Lipinski definition) is 2. The van der Waals surface area contributed by atoms with Gasteiger partial charge in [0.05, 0.1) is 6.04 Å². The van der Waals surface area contributed by atoms with Gasteiger partial charge in [0.25, 0.3) is 0 Å². The van der Waals surface area contributed by atoms with Crippen LogP contribution in [0.5, 0.6) is 0 Å². The third-order valence-electron chi connectivity index (χ3n) is 3.43. The van der Waals surface area contributed by atoms with E-state index in [1.807, 2.05) is 0 Å². The van der Waals surface area contributed by atoms with E-state index >= 15 is 0 Å². The first-order chi connectivity index (χ1) is 8.77. The summed E-state index contributed by atoms with van der Waals surface area (Å²) in [6.45, 7) is 4.36. The fraction of sp³-hybridized carbons (Fsp3) is 0.333. The normalized spacial score (nSPS) is 14.4. The molecule has 2 rings (SSSR count). The molecule has 1 aromatic carbocycles. The molecule has 2 aromatic rings. The highest BCUT2D eigenvalue weighted by Crippen LogP contribution is 2.36. The highest BCUT2D eigenvalue weighted by molar-refractivity contribution is 7.10. The van der Waals surface area contributed by atoms with Gasteiger partial charge in [0.1, 0.15) is 0 Å². The van der Waals surface area contributed by atoms with Crippen molar-refractivity contribution >= 4 is 11.3 Å². The largest absolute Gasteiger partial charge is 0.271 e. The summed E-state index contributed by atoms with van der Waals surface area (Å²) in [5.41, 5.74) is 5.67. The van der Waals surface area contributed by atoms with Crippen molar-refractivity contribution < 1.29 is 0 Å². The summed E-state index contributed by atoms with van der Waals surface area (Å²) in [5, 5.41) is 2.13. The maximum atomic E-state index is 5.80. The second-order valence-electron chi connectivity index (χ2n) is 4.54. The summed E-state index contributed by atoms with van der Waals surface area (Å²) in [6, 6.07) is 12.9. The van der Waals surface area contributed by atoms with E-state index in [1.54, 1.807) is 11.3 Å². The average Bonchev–Trinajstić information content (AvgIpc) is 2.83. The van der Waals surface area contributed by atoms with Gasteiger partial charge in [0.15, 0.2) is 0 Å². The van der Waals surface area contributed by atoms with E-state index in [-0.39, 0.29) is 6.04 Å².